The highest BCUT2D eigenvalue weighted by Gasteiger charge is 2.17. The Balaban J connectivity index is 1.58. The van der Waals surface area contributed by atoms with E-state index in [9.17, 15) is 9.90 Å². The molecule has 1 aliphatic heterocycles. The number of fused-ring (bicyclic) bond motifs is 1. The van der Waals surface area contributed by atoms with Gasteiger partial charge < -0.3 is 24.5 Å². The molecule has 0 saturated heterocycles. The van der Waals surface area contributed by atoms with Gasteiger partial charge in [-0.05, 0) is 31.0 Å². The van der Waals surface area contributed by atoms with Gasteiger partial charge in [0.2, 0.25) is 12.7 Å². The molecule has 1 aliphatic rings. The van der Waals surface area contributed by atoms with Crippen molar-refractivity contribution in [3.63, 3.8) is 0 Å². The van der Waals surface area contributed by atoms with Gasteiger partial charge in [0.25, 0.3) is 0 Å². The number of ether oxygens (including phenoxy) is 2. The Morgan fingerprint density at radius 2 is 2.21 bits per heavy atom. The fourth-order valence-corrected chi connectivity index (χ4v) is 2.68. The molecule has 1 aromatic heterocycles. The highest BCUT2D eigenvalue weighted by atomic mass is 16.7. The summed E-state index contributed by atoms with van der Waals surface area (Å²) in [5.74, 6) is 2.26. The van der Waals surface area contributed by atoms with Crippen LogP contribution in [-0.4, -0.2) is 45.8 Å². The lowest BCUT2D eigenvalue weighted by molar-refractivity contribution is -0.132. The number of aliphatic hydroxyl groups excluding tert-OH is 1. The van der Waals surface area contributed by atoms with E-state index in [1.807, 2.05) is 25.1 Å². The molecular weight excluding hydrogens is 310 g/mol. The number of rotatable bonds is 7. The first-order chi connectivity index (χ1) is 11.7. The molecule has 0 unspecified atom stereocenters. The quantitative estimate of drug-likeness (QED) is 0.801. The van der Waals surface area contributed by atoms with Crippen molar-refractivity contribution >= 4 is 5.91 Å². The average molecular weight is 331 g/mol. The number of hydrogen-bond acceptors (Lipinski definition) is 5. The molecule has 7 heteroatoms. The molecule has 0 aliphatic carbocycles. The molecule has 2 N–H and O–H groups in total. The Labute approximate surface area is 140 Å². The average Bonchev–Trinajstić information content (AvgIpc) is 3.20. The summed E-state index contributed by atoms with van der Waals surface area (Å²) in [6, 6.07) is 5.71. The van der Waals surface area contributed by atoms with E-state index in [1.165, 1.54) is 0 Å². The van der Waals surface area contributed by atoms with Gasteiger partial charge in [-0.15, -0.1) is 0 Å². The van der Waals surface area contributed by atoms with Gasteiger partial charge in [-0.3, -0.25) is 4.79 Å². The van der Waals surface area contributed by atoms with E-state index in [0.717, 1.165) is 28.6 Å². The van der Waals surface area contributed by atoms with Crippen molar-refractivity contribution in [1.29, 1.82) is 0 Å². The Hall–Kier alpha value is -2.54. The summed E-state index contributed by atoms with van der Waals surface area (Å²) in [6.07, 6.45) is 2.69. The van der Waals surface area contributed by atoms with E-state index in [0.29, 0.717) is 25.9 Å². The number of aromatic amines is 1. The molecule has 0 atom stereocenters. The minimum absolute atomic E-state index is 0.00558. The molecule has 128 valence electrons. The number of nitrogens with zero attached hydrogens (tertiary/aromatic N) is 2. The molecule has 0 radical (unpaired) electrons. The Kier molecular flexibility index (Phi) is 5.00. The van der Waals surface area contributed by atoms with E-state index >= 15 is 0 Å². The molecule has 3 rings (SSSR count). The maximum atomic E-state index is 12.5. The summed E-state index contributed by atoms with van der Waals surface area (Å²) in [5.41, 5.74) is 1.88. The van der Waals surface area contributed by atoms with Gasteiger partial charge in [-0.25, -0.2) is 4.98 Å². The molecule has 2 aromatic rings. The topological polar surface area (TPSA) is 87.7 Å². The van der Waals surface area contributed by atoms with Gasteiger partial charge >= 0.3 is 0 Å². The van der Waals surface area contributed by atoms with Crippen LogP contribution < -0.4 is 9.47 Å². The van der Waals surface area contributed by atoms with E-state index in [-0.39, 0.29) is 19.3 Å². The smallest absolute Gasteiger partial charge is 0.231 e. The zero-order chi connectivity index (χ0) is 16.9. The first kappa shape index (κ1) is 16.3. The largest absolute Gasteiger partial charge is 0.454 e. The van der Waals surface area contributed by atoms with E-state index in [1.54, 1.807) is 11.1 Å². The number of aromatic nitrogens is 2. The lowest BCUT2D eigenvalue weighted by Gasteiger charge is -2.21. The van der Waals surface area contributed by atoms with Crippen LogP contribution >= 0.6 is 0 Å². The number of carbonyl (C=O) groups excluding carboxylic acids is 1. The molecule has 0 bridgehead atoms. The highest BCUT2D eigenvalue weighted by molar-refractivity contribution is 5.76. The first-order valence-corrected chi connectivity index (χ1v) is 7.93. The SMILES string of the molecule is Cc1ncc(CN(CCO)C(=O)CCc2ccc3c(c2)OCO3)[nH]1. The lowest BCUT2D eigenvalue weighted by atomic mass is 10.1. The maximum Gasteiger partial charge on any atom is 0.231 e. The zero-order valence-electron chi connectivity index (χ0n) is 13.6. The molecule has 24 heavy (non-hydrogen) atoms. The Morgan fingerprint density at radius 1 is 1.38 bits per heavy atom. The molecule has 0 spiro atoms. The number of amides is 1. The number of H-pyrrole nitrogens is 1. The van der Waals surface area contributed by atoms with Crippen molar-refractivity contribution < 1.29 is 19.4 Å². The minimum atomic E-state index is -0.0666. The summed E-state index contributed by atoms with van der Waals surface area (Å²) in [4.78, 5) is 21.4. The van der Waals surface area contributed by atoms with Gasteiger partial charge in [0.05, 0.1) is 25.0 Å². The number of hydrogen-bond donors (Lipinski definition) is 2. The third kappa shape index (κ3) is 3.86. The molecule has 7 nitrogen and oxygen atoms in total. The number of aryl methyl sites for hydroxylation is 2. The fraction of sp³-hybridized carbons (Fsp3) is 0.412. The second-order valence-corrected chi connectivity index (χ2v) is 5.72. The van der Waals surface area contributed by atoms with Crippen LogP contribution in [0.4, 0.5) is 0 Å². The van der Waals surface area contributed by atoms with Crippen molar-refractivity contribution in [2.75, 3.05) is 19.9 Å². The van der Waals surface area contributed by atoms with Crippen LogP contribution in [0.5, 0.6) is 11.5 Å². The van der Waals surface area contributed by atoms with Crippen LogP contribution in [-0.2, 0) is 17.8 Å². The van der Waals surface area contributed by atoms with Crippen molar-refractivity contribution in [2.45, 2.75) is 26.3 Å². The normalized spacial score (nSPS) is 12.4. The van der Waals surface area contributed by atoms with Gasteiger partial charge in [0, 0.05) is 13.0 Å². The van der Waals surface area contributed by atoms with Crippen molar-refractivity contribution in [2.24, 2.45) is 0 Å². The zero-order valence-corrected chi connectivity index (χ0v) is 13.6. The predicted octanol–water partition coefficient (Wildman–Crippen LogP) is 1.40. The summed E-state index contributed by atoms with van der Waals surface area (Å²) in [5, 5.41) is 9.21. The van der Waals surface area contributed by atoms with Crippen LogP contribution in [0.15, 0.2) is 24.4 Å². The molecule has 0 fully saturated rings. The number of aliphatic hydroxyl groups is 1. The molecule has 1 aromatic carbocycles. The van der Waals surface area contributed by atoms with Crippen molar-refractivity contribution in [3.8, 4) is 11.5 Å². The Bertz CT molecular complexity index is 714. The Morgan fingerprint density at radius 3 is 2.96 bits per heavy atom. The summed E-state index contributed by atoms with van der Waals surface area (Å²) >= 11 is 0. The predicted molar refractivity (Wildman–Crippen MR) is 86.7 cm³/mol. The minimum Gasteiger partial charge on any atom is -0.454 e. The third-order valence-corrected chi connectivity index (χ3v) is 3.90. The van der Waals surface area contributed by atoms with Gasteiger partial charge in [-0.2, -0.15) is 0 Å². The van der Waals surface area contributed by atoms with Crippen LogP contribution in [0.1, 0.15) is 23.5 Å². The summed E-state index contributed by atoms with van der Waals surface area (Å²) < 4.78 is 10.6. The maximum absolute atomic E-state index is 12.5. The second-order valence-electron chi connectivity index (χ2n) is 5.72. The standard InChI is InChI=1S/C17H21N3O4/c1-12-18-9-14(19-12)10-20(6-7-21)17(22)5-3-13-2-4-15-16(8-13)24-11-23-15/h2,4,8-9,21H,3,5-7,10-11H2,1H3,(H,18,19). The van der Waals surface area contributed by atoms with Crippen LogP contribution in [0.25, 0.3) is 0 Å². The molecule has 0 saturated carbocycles. The van der Waals surface area contributed by atoms with Gasteiger partial charge in [0.15, 0.2) is 11.5 Å². The van der Waals surface area contributed by atoms with E-state index < -0.39 is 0 Å². The summed E-state index contributed by atoms with van der Waals surface area (Å²) in [6.45, 7) is 2.76. The first-order valence-electron chi connectivity index (χ1n) is 7.93. The highest BCUT2D eigenvalue weighted by Crippen LogP contribution is 2.32. The van der Waals surface area contributed by atoms with Gasteiger partial charge in [-0.1, -0.05) is 6.07 Å². The van der Waals surface area contributed by atoms with Crippen molar-refractivity contribution in [3.05, 3.63) is 41.5 Å². The van der Waals surface area contributed by atoms with Crippen LogP contribution in [0.2, 0.25) is 0 Å². The van der Waals surface area contributed by atoms with Crippen molar-refractivity contribution in [1.82, 2.24) is 14.9 Å². The molecular formula is C17H21N3O4. The van der Waals surface area contributed by atoms with E-state index in [4.69, 9.17) is 9.47 Å². The van der Waals surface area contributed by atoms with Gasteiger partial charge in [0.1, 0.15) is 5.82 Å². The third-order valence-electron chi connectivity index (χ3n) is 3.90. The number of carbonyl (C=O) groups is 1. The number of benzene rings is 1. The summed E-state index contributed by atoms with van der Waals surface area (Å²) in [7, 11) is 0. The van der Waals surface area contributed by atoms with E-state index in [2.05, 4.69) is 9.97 Å². The number of nitrogens with one attached hydrogen (secondary N) is 1. The molecule has 1 amide bonds. The monoisotopic (exact) mass is 331 g/mol. The number of imidazole rings is 1. The van der Waals surface area contributed by atoms with Crippen LogP contribution in [0.3, 0.4) is 0 Å². The molecule has 2 heterocycles. The lowest BCUT2D eigenvalue weighted by Crippen LogP contribution is -2.33. The fourth-order valence-electron chi connectivity index (χ4n) is 2.68. The van der Waals surface area contributed by atoms with Crippen LogP contribution in [0, 0.1) is 6.92 Å². The second kappa shape index (κ2) is 7.35.